The third-order valence-corrected chi connectivity index (χ3v) is 6.02. The molecule has 0 aromatic carbocycles. The number of morpholine rings is 2. The molecule has 2 fully saturated rings. The van der Waals surface area contributed by atoms with E-state index in [9.17, 15) is 19.2 Å². The maximum Gasteiger partial charge on any atom is 0.408 e. The van der Waals surface area contributed by atoms with E-state index in [1.807, 2.05) is 0 Å². The predicted molar refractivity (Wildman–Crippen MR) is 179 cm³/mol. The number of alkyl carbamates (subject to hydrolysis) is 2. The zero-order valence-electron chi connectivity index (χ0n) is 29.8. The Balaban J connectivity index is 0. The molecule has 48 heavy (non-hydrogen) atoms. The molecule has 280 valence electrons. The van der Waals surface area contributed by atoms with Crippen molar-refractivity contribution in [3.05, 3.63) is 0 Å². The summed E-state index contributed by atoms with van der Waals surface area (Å²) < 4.78 is 23.0. The van der Waals surface area contributed by atoms with E-state index >= 15 is 0 Å². The second-order valence-electron chi connectivity index (χ2n) is 12.6. The maximum atomic E-state index is 12.0. The van der Waals surface area contributed by atoms with Crippen LogP contribution in [0.25, 0.3) is 0 Å². The van der Waals surface area contributed by atoms with Crippen LogP contribution in [0.3, 0.4) is 0 Å². The Hall–Kier alpha value is -3.03. The van der Waals surface area contributed by atoms with Crippen molar-refractivity contribution in [3.8, 4) is 0 Å². The summed E-state index contributed by atoms with van der Waals surface area (Å²) in [6, 6.07) is -1.45. The molecule has 2 rings (SSSR count). The standard InChI is InChI=1S/C15H28N2O4.C8H15NO4.C6H14N2O.ClHN4/c1-12(16-14(19)21-15(2,3)4)13(18)6-5-7-17-8-10-20-11-9-17;1-5(6(10)11)9-7(12)13-8(2,3)4;7-1-2-8-3-5-9-6-4-8;1-3-5-4-2/h12H,5-11H2,1-4H3,(H,16,19);5H,1-4H3,(H,9,12)(H,10,11);1-7H2;2H/t12-;5-;;/m00../s1. The first-order valence-electron chi connectivity index (χ1n) is 15.8. The van der Waals surface area contributed by atoms with Gasteiger partial charge in [0.1, 0.15) is 17.2 Å². The maximum absolute atomic E-state index is 12.0. The highest BCUT2D eigenvalue weighted by molar-refractivity contribution is 6.13. The van der Waals surface area contributed by atoms with Crippen molar-refractivity contribution < 1.29 is 43.2 Å². The first-order valence-corrected chi connectivity index (χ1v) is 16.1. The molecule has 18 nitrogen and oxygen atoms in total. The molecular formula is C29H58ClN9O9. The summed E-state index contributed by atoms with van der Waals surface area (Å²) in [5.74, 6) is -1.06. The second kappa shape index (κ2) is 26.9. The average molecular weight is 712 g/mol. The largest absolute Gasteiger partial charge is 0.480 e. The highest BCUT2D eigenvalue weighted by Crippen LogP contribution is 2.08. The number of ketones is 1. The van der Waals surface area contributed by atoms with E-state index in [0.29, 0.717) is 6.42 Å². The van der Waals surface area contributed by atoms with Crippen molar-refractivity contribution in [1.82, 2.24) is 20.4 Å². The van der Waals surface area contributed by atoms with Crippen LogP contribution in [0, 0.1) is 5.53 Å². The van der Waals surface area contributed by atoms with E-state index in [1.165, 1.54) is 6.92 Å². The number of carboxylic acids is 1. The Labute approximate surface area is 289 Å². The van der Waals surface area contributed by atoms with Crippen LogP contribution < -0.4 is 16.4 Å². The van der Waals surface area contributed by atoms with Gasteiger partial charge in [-0.1, -0.05) is 4.63 Å². The first-order chi connectivity index (χ1) is 22.3. The second-order valence-corrected chi connectivity index (χ2v) is 12.8. The van der Waals surface area contributed by atoms with E-state index < -0.39 is 41.4 Å². The van der Waals surface area contributed by atoms with Gasteiger partial charge in [0.25, 0.3) is 0 Å². The lowest BCUT2D eigenvalue weighted by molar-refractivity contribution is -0.139. The molecule has 0 aromatic rings. The molecule has 2 saturated heterocycles. The number of halogens is 1. The topological polar surface area (TPSA) is 243 Å². The number of nitrogens with zero attached hydrogens (tertiary/aromatic N) is 5. The van der Waals surface area contributed by atoms with Gasteiger partial charge >= 0.3 is 18.2 Å². The minimum atomic E-state index is -1.09. The van der Waals surface area contributed by atoms with Gasteiger partial charge in [0.2, 0.25) is 0 Å². The molecular weight excluding hydrogens is 654 g/mol. The van der Waals surface area contributed by atoms with E-state index in [2.05, 4.69) is 47.3 Å². The number of nitrogens with one attached hydrogen (secondary N) is 3. The molecule has 0 radical (unpaired) electrons. The summed E-state index contributed by atoms with van der Waals surface area (Å²) in [4.78, 5) is 49.5. The molecule has 2 aliphatic rings. The summed E-state index contributed by atoms with van der Waals surface area (Å²) in [5, 5.41) is 18.3. The van der Waals surface area contributed by atoms with Crippen LogP contribution >= 0.6 is 11.8 Å². The Morgan fingerprint density at radius 1 is 0.854 bits per heavy atom. The number of carbonyl (C=O) groups is 4. The number of ether oxygens (including phenoxy) is 4. The average Bonchev–Trinajstić information content (AvgIpc) is 2.98. The molecule has 0 aliphatic carbocycles. The van der Waals surface area contributed by atoms with Crippen molar-refractivity contribution in [3.63, 3.8) is 0 Å². The summed E-state index contributed by atoms with van der Waals surface area (Å²) in [6.07, 6.45) is 0.00644. The fourth-order valence-corrected chi connectivity index (χ4v) is 3.69. The predicted octanol–water partition coefficient (Wildman–Crippen LogP) is 3.38. The zero-order valence-corrected chi connectivity index (χ0v) is 30.5. The normalized spacial score (nSPS) is 16.6. The fourth-order valence-electron chi connectivity index (χ4n) is 3.65. The summed E-state index contributed by atoms with van der Waals surface area (Å²) in [7, 11) is 0. The third kappa shape index (κ3) is 30.3. The highest BCUT2D eigenvalue weighted by atomic mass is 35.5. The van der Waals surface area contributed by atoms with Crippen LogP contribution in [0.2, 0.25) is 0 Å². The molecule has 0 bridgehead atoms. The number of Topliss-reactive ketones (excluding diaryl/α,β-unsaturated/α-hetero) is 1. The monoisotopic (exact) mass is 711 g/mol. The lowest BCUT2D eigenvalue weighted by Crippen LogP contribution is -2.42. The Kier molecular flexibility index (Phi) is 26.4. The van der Waals surface area contributed by atoms with Gasteiger partial charge in [-0.15, -0.1) is 0 Å². The van der Waals surface area contributed by atoms with Crippen molar-refractivity contribution in [1.29, 1.82) is 5.53 Å². The number of carboxylic acid groups (broad SMARTS) is 1. The smallest absolute Gasteiger partial charge is 0.408 e. The van der Waals surface area contributed by atoms with Gasteiger partial charge < -0.3 is 40.4 Å². The quantitative estimate of drug-likeness (QED) is 0.153. The molecule has 0 unspecified atom stereocenters. The molecule has 6 N–H and O–H groups in total. The van der Waals surface area contributed by atoms with Crippen LogP contribution in [0.4, 0.5) is 9.59 Å². The SMILES string of the molecule is C[C@H](NC(=O)OC(C)(C)C)C(=O)CCCN1CCOCC1.C[C@H](NC(=O)OC(C)(C)C)C(=O)O.N=NN=NCl.NCCN1CCOCC1. The molecule has 2 heterocycles. The summed E-state index contributed by atoms with van der Waals surface area (Å²) >= 11 is 4.55. The summed E-state index contributed by atoms with van der Waals surface area (Å²) in [6.45, 7) is 23.5. The third-order valence-electron chi connectivity index (χ3n) is 5.95. The van der Waals surface area contributed by atoms with Gasteiger partial charge in [0, 0.05) is 45.7 Å². The van der Waals surface area contributed by atoms with Gasteiger partial charge in [-0.2, -0.15) is 5.53 Å². The van der Waals surface area contributed by atoms with Crippen LogP contribution in [-0.2, 0) is 28.5 Å². The number of rotatable bonds is 11. The number of carbonyl (C=O) groups excluding carboxylic acids is 3. The van der Waals surface area contributed by atoms with Crippen LogP contribution in [-0.4, -0.2) is 134 Å². The van der Waals surface area contributed by atoms with Gasteiger partial charge in [-0.25, -0.2) is 9.59 Å². The van der Waals surface area contributed by atoms with Gasteiger partial charge in [0.05, 0.1) is 44.2 Å². The lowest BCUT2D eigenvalue weighted by atomic mass is 10.1. The number of hydrogen-bond acceptors (Lipinski definition) is 13. The molecule has 2 atom stereocenters. The number of hydrogen-bond donors (Lipinski definition) is 5. The summed E-state index contributed by atoms with van der Waals surface area (Å²) in [5.41, 5.74) is 10.1. The van der Waals surface area contributed by atoms with Crippen LogP contribution in [0.1, 0.15) is 68.2 Å². The van der Waals surface area contributed by atoms with Crippen molar-refractivity contribution in [2.24, 2.45) is 20.8 Å². The molecule has 19 heteroatoms. The van der Waals surface area contributed by atoms with Crippen molar-refractivity contribution in [2.45, 2.75) is 91.5 Å². The molecule has 2 aliphatic heterocycles. The number of nitrogens with two attached hydrogens (primary N) is 1. The minimum Gasteiger partial charge on any atom is -0.480 e. The molecule has 2 amide bonds. The Morgan fingerprint density at radius 2 is 1.27 bits per heavy atom. The minimum absolute atomic E-state index is 0.0362. The molecule has 0 aromatic heterocycles. The molecule has 0 saturated carbocycles. The van der Waals surface area contributed by atoms with Gasteiger partial charge in [0.15, 0.2) is 5.78 Å². The first kappa shape index (κ1) is 47.1. The van der Waals surface area contributed by atoms with Crippen LogP contribution in [0.5, 0.6) is 0 Å². The highest BCUT2D eigenvalue weighted by Gasteiger charge is 2.22. The Bertz CT molecular complexity index is 949. The molecule has 0 spiro atoms. The Morgan fingerprint density at radius 3 is 1.60 bits per heavy atom. The van der Waals surface area contributed by atoms with E-state index in [1.54, 1.807) is 48.5 Å². The van der Waals surface area contributed by atoms with Gasteiger partial charge in [-0.3, -0.25) is 19.4 Å². The number of aliphatic carboxylic acids is 1. The van der Waals surface area contributed by atoms with E-state index in [4.69, 9.17) is 35.3 Å². The van der Waals surface area contributed by atoms with E-state index in [-0.39, 0.29) is 5.78 Å². The fraction of sp³-hybridized carbons (Fsp3) is 0.862. The zero-order chi connectivity index (χ0) is 37.2. The van der Waals surface area contributed by atoms with Gasteiger partial charge in [-0.05, 0) is 78.8 Å². The van der Waals surface area contributed by atoms with Crippen molar-refractivity contribution in [2.75, 3.05) is 72.2 Å². The number of amides is 2. The van der Waals surface area contributed by atoms with Crippen molar-refractivity contribution >= 4 is 35.7 Å². The van der Waals surface area contributed by atoms with Crippen LogP contribution in [0.15, 0.2) is 15.1 Å². The van der Waals surface area contributed by atoms with E-state index in [0.717, 1.165) is 78.7 Å². The lowest BCUT2D eigenvalue weighted by Gasteiger charge is -2.26.